The zero-order valence-electron chi connectivity index (χ0n) is 9.43. The Bertz CT molecular complexity index is 443. The predicted molar refractivity (Wildman–Crippen MR) is 58.2 cm³/mol. The van der Waals surface area contributed by atoms with E-state index in [1.165, 1.54) is 0 Å². The van der Waals surface area contributed by atoms with E-state index in [4.69, 9.17) is 5.11 Å². The lowest BCUT2D eigenvalue weighted by atomic mass is 9.95. The Balaban J connectivity index is 2.02. The molecule has 1 aliphatic rings. The van der Waals surface area contributed by atoms with Gasteiger partial charge in [-0.25, -0.2) is 0 Å². The number of aryl methyl sites for hydroxylation is 1. The maximum absolute atomic E-state index is 11.9. The fraction of sp³-hybridized carbons (Fsp3) is 0.600. The van der Waals surface area contributed by atoms with E-state index < -0.39 is 17.8 Å². The lowest BCUT2D eigenvalue weighted by Gasteiger charge is -2.13. The van der Waals surface area contributed by atoms with Crippen LogP contribution in [0.1, 0.15) is 25.1 Å². The van der Waals surface area contributed by atoms with E-state index in [1.54, 1.807) is 6.92 Å². The minimum atomic E-state index is -0.909. The largest absolute Gasteiger partial charge is 0.481 e. The normalized spacial score (nSPS) is 23.6. The summed E-state index contributed by atoms with van der Waals surface area (Å²) in [6.45, 7) is 1.72. The van der Waals surface area contributed by atoms with Crippen LogP contribution in [0.25, 0.3) is 0 Å². The number of nitrogens with zero attached hydrogens (tertiary/aromatic N) is 2. The minimum Gasteiger partial charge on any atom is -0.481 e. The number of hydrogen-bond acceptors (Lipinski definition) is 4. The van der Waals surface area contributed by atoms with E-state index in [0.717, 1.165) is 6.42 Å². The average molecular weight is 238 g/mol. The molecular formula is C10H14N4O3. The molecule has 3 N–H and O–H groups in total. The van der Waals surface area contributed by atoms with E-state index >= 15 is 0 Å². The van der Waals surface area contributed by atoms with E-state index in [1.807, 2.05) is 0 Å². The molecule has 1 heterocycles. The first-order chi connectivity index (χ1) is 8.08. The summed E-state index contributed by atoms with van der Waals surface area (Å²) in [6, 6.07) is 0. The number of aromatic amines is 1. The van der Waals surface area contributed by atoms with E-state index in [-0.39, 0.29) is 11.9 Å². The van der Waals surface area contributed by atoms with E-state index in [2.05, 4.69) is 20.5 Å². The van der Waals surface area contributed by atoms with Crippen LogP contribution in [0.15, 0.2) is 0 Å². The third-order valence-electron chi connectivity index (χ3n) is 3.00. The van der Waals surface area contributed by atoms with Crippen molar-refractivity contribution in [3.05, 3.63) is 5.82 Å². The number of hydrogen-bond donors (Lipinski definition) is 3. The van der Waals surface area contributed by atoms with E-state index in [9.17, 15) is 9.59 Å². The first kappa shape index (κ1) is 11.6. The topological polar surface area (TPSA) is 108 Å². The molecule has 0 radical (unpaired) electrons. The van der Waals surface area contributed by atoms with Crippen LogP contribution in [0.3, 0.4) is 0 Å². The van der Waals surface area contributed by atoms with Crippen molar-refractivity contribution in [3.8, 4) is 0 Å². The van der Waals surface area contributed by atoms with Crippen LogP contribution < -0.4 is 5.32 Å². The maximum atomic E-state index is 11.9. The molecule has 7 nitrogen and oxygen atoms in total. The Hall–Kier alpha value is -1.92. The summed E-state index contributed by atoms with van der Waals surface area (Å²) in [6.07, 6.45) is 1.93. The van der Waals surface area contributed by atoms with Gasteiger partial charge in [-0.05, 0) is 19.8 Å². The molecule has 0 bridgehead atoms. The molecule has 0 aliphatic heterocycles. The lowest BCUT2D eigenvalue weighted by Crippen LogP contribution is -2.30. The van der Waals surface area contributed by atoms with Gasteiger partial charge in [-0.15, -0.1) is 5.10 Å². The highest BCUT2D eigenvalue weighted by molar-refractivity contribution is 5.94. The molecular weight excluding hydrogens is 224 g/mol. The number of rotatable bonds is 3. The average Bonchev–Trinajstić information content (AvgIpc) is 2.86. The van der Waals surface area contributed by atoms with Gasteiger partial charge in [-0.3, -0.25) is 20.0 Å². The molecule has 1 aromatic heterocycles. The molecule has 0 saturated heterocycles. The molecule has 0 aromatic carbocycles. The zero-order valence-corrected chi connectivity index (χ0v) is 9.43. The number of H-pyrrole nitrogens is 1. The standard InChI is InChI=1S/C10H14N4O3/c1-5-11-10(14-13-5)12-8(15)6-3-2-4-7(6)9(16)17/h6-7H,2-4H2,1H3,(H,16,17)(H2,11,12,13,14,15). The molecule has 1 fully saturated rings. The molecule has 2 atom stereocenters. The highest BCUT2D eigenvalue weighted by Crippen LogP contribution is 2.32. The van der Waals surface area contributed by atoms with Crippen LogP contribution in [0, 0.1) is 18.8 Å². The smallest absolute Gasteiger partial charge is 0.307 e. The molecule has 7 heteroatoms. The van der Waals surface area contributed by atoms with Gasteiger partial charge in [0.1, 0.15) is 5.82 Å². The molecule has 1 saturated carbocycles. The molecule has 1 aromatic rings. The predicted octanol–water partition coefficient (Wildman–Crippen LogP) is 0.553. The first-order valence-corrected chi connectivity index (χ1v) is 5.50. The van der Waals surface area contributed by atoms with Crippen molar-refractivity contribution >= 4 is 17.8 Å². The Morgan fingerprint density at radius 1 is 1.41 bits per heavy atom. The summed E-state index contributed by atoms with van der Waals surface area (Å²) in [7, 11) is 0. The van der Waals surface area contributed by atoms with Crippen molar-refractivity contribution in [1.29, 1.82) is 0 Å². The summed E-state index contributed by atoms with van der Waals surface area (Å²) in [5.74, 6) is -1.49. The van der Waals surface area contributed by atoms with Gasteiger partial charge in [0.2, 0.25) is 11.9 Å². The fourth-order valence-electron chi connectivity index (χ4n) is 2.17. The monoisotopic (exact) mass is 238 g/mol. The van der Waals surface area contributed by atoms with Crippen molar-refractivity contribution in [1.82, 2.24) is 15.2 Å². The van der Waals surface area contributed by atoms with Gasteiger partial charge in [-0.2, -0.15) is 4.98 Å². The van der Waals surface area contributed by atoms with Gasteiger partial charge in [0.05, 0.1) is 11.8 Å². The number of carboxylic acids is 1. The number of aliphatic carboxylic acids is 1. The van der Waals surface area contributed by atoms with Crippen molar-refractivity contribution in [2.75, 3.05) is 5.32 Å². The number of aromatic nitrogens is 3. The van der Waals surface area contributed by atoms with Gasteiger partial charge in [-0.1, -0.05) is 6.42 Å². The Kier molecular flexibility index (Phi) is 3.08. The summed E-state index contributed by atoms with van der Waals surface area (Å²) in [5.41, 5.74) is 0. The molecule has 2 unspecified atom stereocenters. The first-order valence-electron chi connectivity index (χ1n) is 5.50. The zero-order chi connectivity index (χ0) is 12.4. The molecule has 92 valence electrons. The molecule has 0 spiro atoms. The number of carbonyl (C=O) groups is 2. The van der Waals surface area contributed by atoms with Crippen LogP contribution in [-0.4, -0.2) is 32.2 Å². The molecule has 2 rings (SSSR count). The van der Waals surface area contributed by atoms with Crippen LogP contribution in [0.2, 0.25) is 0 Å². The maximum Gasteiger partial charge on any atom is 0.307 e. The highest BCUT2D eigenvalue weighted by Gasteiger charge is 2.37. The van der Waals surface area contributed by atoms with Gasteiger partial charge in [0, 0.05) is 0 Å². The van der Waals surface area contributed by atoms with Gasteiger partial charge >= 0.3 is 5.97 Å². The third-order valence-corrected chi connectivity index (χ3v) is 3.00. The Morgan fingerprint density at radius 2 is 2.12 bits per heavy atom. The lowest BCUT2D eigenvalue weighted by molar-refractivity contribution is -0.145. The third kappa shape index (κ3) is 2.43. The second-order valence-electron chi connectivity index (χ2n) is 4.22. The number of carboxylic acid groups (broad SMARTS) is 1. The Morgan fingerprint density at radius 3 is 2.71 bits per heavy atom. The second kappa shape index (κ2) is 4.52. The minimum absolute atomic E-state index is 0.198. The van der Waals surface area contributed by atoms with Gasteiger partial charge in [0.25, 0.3) is 0 Å². The Labute approximate surface area is 97.6 Å². The number of anilines is 1. The van der Waals surface area contributed by atoms with Crippen molar-refractivity contribution in [3.63, 3.8) is 0 Å². The summed E-state index contributed by atoms with van der Waals surface area (Å²) in [4.78, 5) is 26.8. The molecule has 1 aliphatic carbocycles. The SMILES string of the molecule is Cc1nc(NC(=O)C2CCCC2C(=O)O)n[nH]1. The molecule has 1 amide bonds. The fourth-order valence-corrected chi connectivity index (χ4v) is 2.17. The number of amides is 1. The van der Waals surface area contributed by atoms with E-state index in [0.29, 0.717) is 18.7 Å². The number of carbonyl (C=O) groups excluding carboxylic acids is 1. The highest BCUT2D eigenvalue weighted by atomic mass is 16.4. The van der Waals surface area contributed by atoms with Crippen molar-refractivity contribution < 1.29 is 14.7 Å². The quantitative estimate of drug-likeness (QED) is 0.712. The van der Waals surface area contributed by atoms with Crippen LogP contribution in [0.4, 0.5) is 5.95 Å². The summed E-state index contributed by atoms with van der Waals surface area (Å²) >= 11 is 0. The molecule has 17 heavy (non-hydrogen) atoms. The van der Waals surface area contributed by atoms with Gasteiger partial charge < -0.3 is 5.11 Å². The van der Waals surface area contributed by atoms with Crippen LogP contribution in [0.5, 0.6) is 0 Å². The van der Waals surface area contributed by atoms with Gasteiger partial charge in [0.15, 0.2) is 0 Å². The summed E-state index contributed by atoms with van der Waals surface area (Å²) in [5, 5.41) is 17.9. The number of nitrogens with one attached hydrogen (secondary N) is 2. The second-order valence-corrected chi connectivity index (χ2v) is 4.22. The van der Waals surface area contributed by atoms with Crippen LogP contribution >= 0.6 is 0 Å². The summed E-state index contributed by atoms with van der Waals surface area (Å²) < 4.78 is 0. The van der Waals surface area contributed by atoms with Crippen LogP contribution in [-0.2, 0) is 9.59 Å². The van der Waals surface area contributed by atoms with Crippen molar-refractivity contribution in [2.24, 2.45) is 11.8 Å². The van der Waals surface area contributed by atoms with Crippen molar-refractivity contribution in [2.45, 2.75) is 26.2 Å².